The number of benzene rings is 1. The van der Waals surface area contributed by atoms with Crippen molar-refractivity contribution in [2.75, 3.05) is 13.2 Å². The minimum atomic E-state index is -0.311. The SMILES string of the molecule is CCOCCC(N)c1cccc(Br)c1F. The Morgan fingerprint density at radius 2 is 2.27 bits per heavy atom. The molecular weight excluding hydrogens is 261 g/mol. The Kier molecular flexibility index (Phi) is 5.22. The van der Waals surface area contributed by atoms with Gasteiger partial charge in [-0.2, -0.15) is 0 Å². The molecule has 0 aliphatic rings. The fourth-order valence-electron chi connectivity index (χ4n) is 1.32. The van der Waals surface area contributed by atoms with E-state index in [-0.39, 0.29) is 11.9 Å². The standard InChI is InChI=1S/C11H15BrFNO/c1-2-15-7-6-10(14)8-4-3-5-9(12)11(8)13/h3-5,10H,2,6-7,14H2,1H3. The van der Waals surface area contributed by atoms with Gasteiger partial charge >= 0.3 is 0 Å². The van der Waals surface area contributed by atoms with E-state index in [2.05, 4.69) is 15.9 Å². The highest BCUT2D eigenvalue weighted by molar-refractivity contribution is 9.10. The Bertz CT molecular complexity index is 319. The number of hydrogen-bond donors (Lipinski definition) is 1. The van der Waals surface area contributed by atoms with Gasteiger partial charge in [-0.05, 0) is 35.3 Å². The Balaban J connectivity index is 2.65. The molecule has 0 amide bonds. The molecule has 0 radical (unpaired) electrons. The summed E-state index contributed by atoms with van der Waals surface area (Å²) < 4.78 is 19.2. The molecule has 0 fully saturated rings. The predicted octanol–water partition coefficient (Wildman–Crippen LogP) is 3.01. The van der Waals surface area contributed by atoms with Crippen molar-refractivity contribution in [3.8, 4) is 0 Å². The lowest BCUT2D eigenvalue weighted by atomic mass is 10.0. The molecule has 0 aliphatic heterocycles. The van der Waals surface area contributed by atoms with Crippen molar-refractivity contribution in [1.29, 1.82) is 0 Å². The molecule has 0 aliphatic carbocycles. The van der Waals surface area contributed by atoms with Crippen LogP contribution in [-0.4, -0.2) is 13.2 Å². The van der Waals surface area contributed by atoms with Gasteiger partial charge in [0.2, 0.25) is 0 Å². The molecule has 0 aromatic heterocycles. The van der Waals surface area contributed by atoms with E-state index in [4.69, 9.17) is 10.5 Å². The maximum absolute atomic E-state index is 13.6. The molecule has 0 saturated carbocycles. The molecule has 0 spiro atoms. The molecular formula is C11H15BrFNO. The molecule has 0 bridgehead atoms. The molecule has 1 aromatic rings. The van der Waals surface area contributed by atoms with E-state index >= 15 is 0 Å². The van der Waals surface area contributed by atoms with Gasteiger partial charge in [-0.3, -0.25) is 0 Å². The van der Waals surface area contributed by atoms with Crippen LogP contribution in [0.1, 0.15) is 24.9 Å². The predicted molar refractivity (Wildman–Crippen MR) is 62.1 cm³/mol. The second kappa shape index (κ2) is 6.20. The fraction of sp³-hybridized carbons (Fsp3) is 0.455. The van der Waals surface area contributed by atoms with Gasteiger partial charge in [0.1, 0.15) is 5.82 Å². The van der Waals surface area contributed by atoms with Gasteiger partial charge in [-0.25, -0.2) is 4.39 Å². The van der Waals surface area contributed by atoms with Crippen molar-refractivity contribution in [2.24, 2.45) is 5.73 Å². The van der Waals surface area contributed by atoms with Gasteiger partial charge in [0.25, 0.3) is 0 Å². The monoisotopic (exact) mass is 275 g/mol. The summed E-state index contributed by atoms with van der Waals surface area (Å²) in [5.41, 5.74) is 6.40. The van der Waals surface area contributed by atoms with Crippen molar-refractivity contribution in [3.63, 3.8) is 0 Å². The zero-order valence-corrected chi connectivity index (χ0v) is 10.3. The number of ether oxygens (including phenoxy) is 1. The van der Waals surface area contributed by atoms with Crippen LogP contribution >= 0.6 is 15.9 Å². The Hall–Kier alpha value is -0.450. The third kappa shape index (κ3) is 3.55. The van der Waals surface area contributed by atoms with Gasteiger partial charge in [0.15, 0.2) is 0 Å². The molecule has 1 rings (SSSR count). The van der Waals surface area contributed by atoms with E-state index in [0.29, 0.717) is 29.7 Å². The number of halogens is 2. The van der Waals surface area contributed by atoms with Gasteiger partial charge in [-0.15, -0.1) is 0 Å². The minimum Gasteiger partial charge on any atom is -0.382 e. The lowest BCUT2D eigenvalue weighted by Gasteiger charge is -2.13. The minimum absolute atomic E-state index is 0.276. The van der Waals surface area contributed by atoms with Gasteiger partial charge in [0, 0.05) is 24.8 Å². The summed E-state index contributed by atoms with van der Waals surface area (Å²) in [5, 5.41) is 0. The second-order valence-electron chi connectivity index (χ2n) is 3.24. The molecule has 15 heavy (non-hydrogen) atoms. The lowest BCUT2D eigenvalue weighted by molar-refractivity contribution is 0.139. The second-order valence-corrected chi connectivity index (χ2v) is 4.09. The van der Waals surface area contributed by atoms with Crippen molar-refractivity contribution in [3.05, 3.63) is 34.1 Å². The van der Waals surface area contributed by atoms with E-state index in [9.17, 15) is 4.39 Å². The maximum atomic E-state index is 13.6. The molecule has 2 nitrogen and oxygen atoms in total. The molecule has 1 atom stereocenters. The largest absolute Gasteiger partial charge is 0.382 e. The summed E-state index contributed by atoms with van der Waals surface area (Å²) in [4.78, 5) is 0. The van der Waals surface area contributed by atoms with Gasteiger partial charge in [0.05, 0.1) is 4.47 Å². The van der Waals surface area contributed by atoms with Crippen LogP contribution < -0.4 is 5.73 Å². The van der Waals surface area contributed by atoms with E-state index in [1.807, 2.05) is 6.92 Å². The smallest absolute Gasteiger partial charge is 0.142 e. The topological polar surface area (TPSA) is 35.2 Å². The summed E-state index contributed by atoms with van der Waals surface area (Å²) in [6.07, 6.45) is 0.626. The Morgan fingerprint density at radius 3 is 2.93 bits per heavy atom. The molecule has 2 N–H and O–H groups in total. The first-order valence-corrected chi connectivity index (χ1v) is 5.73. The summed E-state index contributed by atoms with van der Waals surface area (Å²) in [5.74, 6) is -0.276. The first-order valence-electron chi connectivity index (χ1n) is 4.94. The van der Waals surface area contributed by atoms with Crippen LogP contribution in [0.2, 0.25) is 0 Å². The van der Waals surface area contributed by atoms with Crippen LogP contribution in [-0.2, 0) is 4.74 Å². The highest BCUT2D eigenvalue weighted by Gasteiger charge is 2.12. The van der Waals surface area contributed by atoms with E-state index in [0.717, 1.165) is 0 Å². The highest BCUT2D eigenvalue weighted by Crippen LogP contribution is 2.24. The first-order chi connectivity index (χ1) is 7.16. The molecule has 84 valence electrons. The van der Waals surface area contributed by atoms with Crippen LogP contribution in [0.25, 0.3) is 0 Å². The van der Waals surface area contributed by atoms with E-state index < -0.39 is 0 Å². The van der Waals surface area contributed by atoms with Crippen LogP contribution in [0.15, 0.2) is 22.7 Å². The average molecular weight is 276 g/mol. The summed E-state index contributed by atoms with van der Waals surface area (Å²) in [7, 11) is 0. The zero-order valence-electron chi connectivity index (χ0n) is 8.67. The fourth-order valence-corrected chi connectivity index (χ4v) is 1.70. The Labute approximate surface area is 97.7 Å². The van der Waals surface area contributed by atoms with Crippen molar-refractivity contribution in [2.45, 2.75) is 19.4 Å². The van der Waals surface area contributed by atoms with Crippen molar-refractivity contribution in [1.82, 2.24) is 0 Å². The van der Waals surface area contributed by atoms with Gasteiger partial charge in [-0.1, -0.05) is 12.1 Å². The molecule has 1 aromatic carbocycles. The number of nitrogens with two attached hydrogens (primary N) is 1. The van der Waals surface area contributed by atoms with Crippen molar-refractivity contribution < 1.29 is 9.13 Å². The summed E-state index contributed by atoms with van der Waals surface area (Å²) in [6, 6.07) is 4.84. The van der Waals surface area contributed by atoms with E-state index in [1.54, 1.807) is 18.2 Å². The zero-order chi connectivity index (χ0) is 11.3. The van der Waals surface area contributed by atoms with Crippen molar-refractivity contribution >= 4 is 15.9 Å². The van der Waals surface area contributed by atoms with Crippen LogP contribution in [0.4, 0.5) is 4.39 Å². The quantitative estimate of drug-likeness (QED) is 0.839. The van der Waals surface area contributed by atoms with Crippen LogP contribution in [0.5, 0.6) is 0 Å². The third-order valence-electron chi connectivity index (χ3n) is 2.16. The van der Waals surface area contributed by atoms with Crippen LogP contribution in [0.3, 0.4) is 0 Å². The third-order valence-corrected chi connectivity index (χ3v) is 2.77. The average Bonchev–Trinajstić information content (AvgIpc) is 2.22. The molecule has 4 heteroatoms. The lowest BCUT2D eigenvalue weighted by Crippen LogP contribution is -2.14. The van der Waals surface area contributed by atoms with Gasteiger partial charge < -0.3 is 10.5 Å². The normalized spacial score (nSPS) is 12.8. The summed E-state index contributed by atoms with van der Waals surface area (Å²) >= 11 is 3.13. The highest BCUT2D eigenvalue weighted by atomic mass is 79.9. The first kappa shape index (κ1) is 12.6. The maximum Gasteiger partial charge on any atom is 0.142 e. The molecule has 0 heterocycles. The Morgan fingerprint density at radius 1 is 1.53 bits per heavy atom. The van der Waals surface area contributed by atoms with Crippen LogP contribution in [0, 0.1) is 5.82 Å². The molecule has 1 unspecified atom stereocenters. The molecule has 0 saturated heterocycles. The van der Waals surface area contributed by atoms with E-state index in [1.165, 1.54) is 0 Å². The number of hydrogen-bond acceptors (Lipinski definition) is 2. The summed E-state index contributed by atoms with van der Waals surface area (Å²) in [6.45, 7) is 3.14. The number of rotatable bonds is 5.